The Bertz CT molecular complexity index is 1310. The Balaban J connectivity index is 1.62. The standard InChI is InChI=1S/C24H16ClF2N3OS2/c1-2-29-19-13-14(25)3-12-20(19)32-23(29)21-22(31)30(18-10-6-16(27)7-11-18)24(33-21)28-17-8-4-15(26)5-9-17/h3-13H,2H2,1H3/b23-21-,28-24?. The van der Waals surface area contributed by atoms with Crippen LogP contribution in [0.1, 0.15) is 6.92 Å². The van der Waals surface area contributed by atoms with E-state index in [0.717, 1.165) is 15.6 Å². The zero-order valence-electron chi connectivity index (χ0n) is 17.3. The van der Waals surface area contributed by atoms with Crippen molar-refractivity contribution in [3.05, 3.63) is 93.3 Å². The zero-order valence-corrected chi connectivity index (χ0v) is 19.6. The summed E-state index contributed by atoms with van der Waals surface area (Å²) in [5, 5.41) is 1.82. The first-order valence-corrected chi connectivity index (χ1v) is 12.1. The van der Waals surface area contributed by atoms with E-state index in [1.807, 2.05) is 25.1 Å². The largest absolute Gasteiger partial charge is 0.334 e. The SMILES string of the molecule is CCN1/C(=C2/SC(=Nc3ccc(F)cc3)N(c3ccc(F)cc3)C2=O)Sc2ccc(Cl)cc21. The van der Waals surface area contributed by atoms with Gasteiger partial charge in [0.2, 0.25) is 0 Å². The van der Waals surface area contributed by atoms with Crippen molar-refractivity contribution in [3.8, 4) is 0 Å². The molecule has 0 unspecified atom stereocenters. The van der Waals surface area contributed by atoms with Crippen molar-refractivity contribution in [2.24, 2.45) is 4.99 Å². The van der Waals surface area contributed by atoms with Gasteiger partial charge < -0.3 is 4.90 Å². The van der Waals surface area contributed by atoms with Crippen LogP contribution in [0.2, 0.25) is 5.02 Å². The Hall–Kier alpha value is -2.81. The lowest BCUT2D eigenvalue weighted by atomic mass is 10.2. The first-order valence-electron chi connectivity index (χ1n) is 10.1. The van der Waals surface area contributed by atoms with E-state index in [1.165, 1.54) is 64.8 Å². The molecule has 3 aromatic carbocycles. The van der Waals surface area contributed by atoms with E-state index in [1.54, 1.807) is 12.1 Å². The molecule has 0 spiro atoms. The predicted molar refractivity (Wildman–Crippen MR) is 132 cm³/mol. The first-order chi connectivity index (χ1) is 15.9. The summed E-state index contributed by atoms with van der Waals surface area (Å²) in [4.78, 5) is 23.3. The molecule has 1 saturated heterocycles. The summed E-state index contributed by atoms with van der Waals surface area (Å²) >= 11 is 8.96. The number of nitrogens with zero attached hydrogens (tertiary/aromatic N) is 3. The van der Waals surface area contributed by atoms with Gasteiger partial charge in [0.1, 0.15) is 21.6 Å². The van der Waals surface area contributed by atoms with E-state index in [2.05, 4.69) is 9.89 Å². The van der Waals surface area contributed by atoms with Gasteiger partial charge in [0.15, 0.2) is 5.17 Å². The molecule has 0 bridgehead atoms. The van der Waals surface area contributed by atoms with E-state index >= 15 is 0 Å². The number of carbonyl (C=O) groups excluding carboxylic acids is 1. The highest BCUT2D eigenvalue weighted by atomic mass is 35.5. The molecule has 166 valence electrons. The Morgan fingerprint density at radius 3 is 2.27 bits per heavy atom. The van der Waals surface area contributed by atoms with Crippen LogP contribution in [0.3, 0.4) is 0 Å². The van der Waals surface area contributed by atoms with Gasteiger partial charge in [-0.2, -0.15) is 0 Å². The predicted octanol–water partition coefficient (Wildman–Crippen LogP) is 7.19. The van der Waals surface area contributed by atoms with Crippen LogP contribution in [0.25, 0.3) is 0 Å². The minimum absolute atomic E-state index is 0.257. The average Bonchev–Trinajstić information content (AvgIpc) is 3.32. The van der Waals surface area contributed by atoms with Crippen LogP contribution in [-0.2, 0) is 4.79 Å². The molecule has 1 amide bonds. The fourth-order valence-electron chi connectivity index (χ4n) is 3.56. The van der Waals surface area contributed by atoms with Crippen LogP contribution in [-0.4, -0.2) is 17.6 Å². The summed E-state index contributed by atoms with van der Waals surface area (Å²) < 4.78 is 26.9. The van der Waals surface area contributed by atoms with Gasteiger partial charge >= 0.3 is 0 Å². The summed E-state index contributed by atoms with van der Waals surface area (Å²) in [7, 11) is 0. The fraction of sp³-hybridized carbons (Fsp3) is 0.0833. The maximum absolute atomic E-state index is 13.7. The molecule has 0 aliphatic carbocycles. The number of amidine groups is 1. The maximum atomic E-state index is 13.7. The lowest BCUT2D eigenvalue weighted by molar-refractivity contribution is -0.113. The number of carbonyl (C=O) groups is 1. The minimum Gasteiger partial charge on any atom is -0.334 e. The topological polar surface area (TPSA) is 35.9 Å². The van der Waals surface area contributed by atoms with Crippen molar-refractivity contribution in [2.75, 3.05) is 16.3 Å². The Kier molecular flexibility index (Phi) is 5.90. The third-order valence-corrected chi connectivity index (χ3v) is 7.67. The first kappa shape index (κ1) is 22.0. The van der Waals surface area contributed by atoms with Crippen LogP contribution in [0.5, 0.6) is 0 Å². The molecule has 3 aromatic rings. The molecule has 2 aliphatic rings. The lowest BCUT2D eigenvalue weighted by Gasteiger charge is -2.19. The summed E-state index contributed by atoms with van der Waals surface area (Å²) in [6, 6.07) is 17.0. The Labute approximate surface area is 202 Å². The smallest absolute Gasteiger partial charge is 0.274 e. The van der Waals surface area contributed by atoms with E-state index in [0.29, 0.717) is 33.0 Å². The Morgan fingerprint density at radius 1 is 0.939 bits per heavy atom. The number of anilines is 2. The van der Waals surface area contributed by atoms with Crippen LogP contribution in [0.15, 0.2) is 86.6 Å². The molecule has 5 rings (SSSR count). The molecule has 9 heteroatoms. The van der Waals surface area contributed by atoms with Gasteiger partial charge in [-0.15, -0.1) is 0 Å². The average molecular weight is 500 g/mol. The lowest BCUT2D eigenvalue weighted by Crippen LogP contribution is -2.29. The molecule has 0 atom stereocenters. The highest BCUT2D eigenvalue weighted by molar-refractivity contribution is 8.20. The molecule has 2 heterocycles. The third kappa shape index (κ3) is 4.14. The summed E-state index contributed by atoms with van der Waals surface area (Å²) in [6.07, 6.45) is 0. The van der Waals surface area contributed by atoms with Crippen molar-refractivity contribution < 1.29 is 13.6 Å². The number of aliphatic imine (C=N–C) groups is 1. The molecular weight excluding hydrogens is 484 g/mol. The number of thioether (sulfide) groups is 2. The molecule has 4 nitrogen and oxygen atoms in total. The van der Waals surface area contributed by atoms with Crippen LogP contribution in [0, 0.1) is 11.6 Å². The molecule has 0 radical (unpaired) electrons. The van der Waals surface area contributed by atoms with E-state index in [-0.39, 0.29) is 11.7 Å². The highest BCUT2D eigenvalue weighted by Crippen LogP contribution is 2.51. The second-order valence-electron chi connectivity index (χ2n) is 7.18. The quantitative estimate of drug-likeness (QED) is 0.357. The summed E-state index contributed by atoms with van der Waals surface area (Å²) in [6.45, 7) is 2.65. The maximum Gasteiger partial charge on any atom is 0.274 e. The van der Waals surface area contributed by atoms with E-state index < -0.39 is 5.82 Å². The van der Waals surface area contributed by atoms with Crippen LogP contribution >= 0.6 is 35.1 Å². The van der Waals surface area contributed by atoms with Crippen LogP contribution in [0.4, 0.5) is 25.8 Å². The molecule has 2 aliphatic heterocycles. The van der Waals surface area contributed by atoms with Gasteiger partial charge in [0.25, 0.3) is 5.91 Å². The van der Waals surface area contributed by atoms with Gasteiger partial charge in [0.05, 0.1) is 17.1 Å². The fourth-order valence-corrected chi connectivity index (χ4v) is 6.10. The number of benzene rings is 3. The van der Waals surface area contributed by atoms with E-state index in [9.17, 15) is 13.6 Å². The Morgan fingerprint density at radius 2 is 1.61 bits per heavy atom. The third-order valence-electron chi connectivity index (χ3n) is 5.09. The number of fused-ring (bicyclic) bond motifs is 1. The summed E-state index contributed by atoms with van der Waals surface area (Å²) in [5.41, 5.74) is 1.95. The molecule has 0 aromatic heterocycles. The summed E-state index contributed by atoms with van der Waals surface area (Å²) in [5.74, 6) is -1.03. The van der Waals surface area contributed by atoms with Gasteiger partial charge in [-0.1, -0.05) is 23.4 Å². The van der Waals surface area contributed by atoms with Crippen molar-refractivity contribution in [2.45, 2.75) is 11.8 Å². The van der Waals surface area contributed by atoms with Gasteiger partial charge in [-0.05, 0) is 85.4 Å². The number of halogens is 3. The van der Waals surface area contributed by atoms with Gasteiger partial charge in [0, 0.05) is 16.5 Å². The molecule has 33 heavy (non-hydrogen) atoms. The molecule has 0 saturated carbocycles. The van der Waals surface area contributed by atoms with E-state index in [4.69, 9.17) is 11.6 Å². The van der Waals surface area contributed by atoms with Crippen molar-refractivity contribution >= 4 is 63.3 Å². The number of hydrogen-bond donors (Lipinski definition) is 0. The molecule has 1 fully saturated rings. The number of hydrogen-bond acceptors (Lipinski definition) is 5. The van der Waals surface area contributed by atoms with Gasteiger partial charge in [-0.3, -0.25) is 9.69 Å². The van der Waals surface area contributed by atoms with Gasteiger partial charge in [-0.25, -0.2) is 13.8 Å². The normalized spacial score (nSPS) is 19.0. The zero-order chi connectivity index (χ0) is 23.1. The van der Waals surface area contributed by atoms with Crippen molar-refractivity contribution in [3.63, 3.8) is 0 Å². The monoisotopic (exact) mass is 499 g/mol. The number of rotatable bonds is 3. The van der Waals surface area contributed by atoms with Crippen molar-refractivity contribution in [1.82, 2.24) is 0 Å². The van der Waals surface area contributed by atoms with Crippen LogP contribution < -0.4 is 9.80 Å². The van der Waals surface area contributed by atoms with Crippen molar-refractivity contribution in [1.29, 1.82) is 0 Å². The second-order valence-corrected chi connectivity index (χ2v) is 9.63. The highest BCUT2D eigenvalue weighted by Gasteiger charge is 2.40. The molecule has 0 N–H and O–H groups in total. The minimum atomic E-state index is -0.399. The second kappa shape index (κ2) is 8.85. The number of amides is 1. The molecular formula is C24H16ClF2N3OS2.